The Bertz CT molecular complexity index is 2610. The molecule has 0 spiro atoms. The van der Waals surface area contributed by atoms with Gasteiger partial charge in [0.15, 0.2) is 13.2 Å². The van der Waals surface area contributed by atoms with Crippen LogP contribution in [0.3, 0.4) is 0 Å². The lowest BCUT2D eigenvalue weighted by atomic mass is 9.84. The van der Waals surface area contributed by atoms with Gasteiger partial charge in [-0.1, -0.05) is 194 Å². The number of carboxylic acid groups (broad SMARTS) is 2. The van der Waals surface area contributed by atoms with Crippen LogP contribution in [0.4, 0.5) is 0 Å². The summed E-state index contributed by atoms with van der Waals surface area (Å²) in [7, 11) is 0. The quantitative estimate of drug-likeness (QED) is 0.0483. The minimum Gasteiger partial charge on any atom is -0.484 e. The van der Waals surface area contributed by atoms with Gasteiger partial charge in [0, 0.05) is 11.5 Å². The van der Waals surface area contributed by atoms with Gasteiger partial charge in [0.05, 0.1) is 9.49 Å². The van der Waals surface area contributed by atoms with E-state index < -0.39 is 58.5 Å². The van der Waals surface area contributed by atoms with E-state index in [0.29, 0.717) is 16.9 Å². The summed E-state index contributed by atoms with van der Waals surface area (Å²) in [5, 5.41) is 27.5. The first-order chi connectivity index (χ1) is 34.2. The van der Waals surface area contributed by atoms with Crippen LogP contribution in [0.2, 0.25) is 0 Å². The third kappa shape index (κ3) is 11.4. The molecule has 0 bridgehead atoms. The number of ether oxygens (including phenoxy) is 2. The van der Waals surface area contributed by atoms with Crippen molar-refractivity contribution in [3.05, 3.63) is 252 Å². The van der Waals surface area contributed by atoms with E-state index in [1.54, 1.807) is 24.3 Å². The minimum absolute atomic E-state index is 0.0456. The molecule has 0 aliphatic rings. The number of hydrogen-bond acceptors (Lipinski definition) is 8. The lowest BCUT2D eigenvalue weighted by molar-refractivity contribution is -0.141. The molecule has 0 radical (unpaired) electrons. The first kappa shape index (κ1) is 48.6. The number of aliphatic carboxylic acids is 2. The number of fused-ring (bicyclic) bond motifs is 1. The van der Waals surface area contributed by atoms with Crippen molar-refractivity contribution in [2.75, 3.05) is 24.7 Å². The van der Waals surface area contributed by atoms with Gasteiger partial charge in [-0.05, 0) is 68.4 Å². The first-order valence-corrected chi connectivity index (χ1v) is 24.6. The second-order valence-electron chi connectivity index (χ2n) is 16.3. The van der Waals surface area contributed by atoms with Crippen LogP contribution in [0, 0.1) is 0 Å². The predicted molar refractivity (Wildman–Crippen MR) is 277 cm³/mol. The van der Waals surface area contributed by atoms with Gasteiger partial charge in [-0.15, -0.1) is 23.5 Å². The van der Waals surface area contributed by atoms with Crippen molar-refractivity contribution in [2.24, 2.45) is 0 Å². The number of nitrogens with one attached hydrogen (secondary N) is 2. The fourth-order valence-electron chi connectivity index (χ4n) is 8.46. The molecule has 0 saturated heterocycles. The summed E-state index contributed by atoms with van der Waals surface area (Å²) in [5.41, 5.74) is 5.81. The Morgan fingerprint density at radius 1 is 0.400 bits per heavy atom. The Hall–Kier alpha value is -7.80. The number of carboxylic acids is 2. The molecule has 8 rings (SSSR count). The van der Waals surface area contributed by atoms with Crippen molar-refractivity contribution in [1.82, 2.24) is 10.6 Å². The van der Waals surface area contributed by atoms with Crippen LogP contribution in [-0.4, -0.2) is 70.8 Å². The fraction of sp³-hybridized carbons (Fsp3) is 0.138. The lowest BCUT2D eigenvalue weighted by Crippen LogP contribution is -2.45. The molecule has 0 aromatic heterocycles. The van der Waals surface area contributed by atoms with Gasteiger partial charge >= 0.3 is 11.9 Å². The van der Waals surface area contributed by atoms with Crippen molar-refractivity contribution in [1.29, 1.82) is 0 Å². The Labute approximate surface area is 415 Å². The van der Waals surface area contributed by atoms with E-state index in [2.05, 4.69) is 10.6 Å². The molecule has 10 nitrogen and oxygen atoms in total. The molecular formula is C58H50N2O8S2. The summed E-state index contributed by atoms with van der Waals surface area (Å²) in [4.78, 5) is 52.0. The number of carbonyl (C=O) groups is 4. The monoisotopic (exact) mass is 966 g/mol. The van der Waals surface area contributed by atoms with Crippen LogP contribution in [0.1, 0.15) is 33.4 Å². The summed E-state index contributed by atoms with van der Waals surface area (Å²) in [6.07, 6.45) is 0. The highest BCUT2D eigenvalue weighted by atomic mass is 32.2. The van der Waals surface area contributed by atoms with Crippen molar-refractivity contribution in [3.8, 4) is 11.5 Å². The third-order valence-electron chi connectivity index (χ3n) is 11.8. The van der Waals surface area contributed by atoms with Gasteiger partial charge < -0.3 is 30.3 Å². The van der Waals surface area contributed by atoms with E-state index >= 15 is 0 Å². The van der Waals surface area contributed by atoms with E-state index in [0.717, 1.165) is 38.8 Å². The molecule has 8 aromatic carbocycles. The molecule has 0 unspecified atom stereocenters. The van der Waals surface area contributed by atoms with Gasteiger partial charge in [0.1, 0.15) is 23.6 Å². The summed E-state index contributed by atoms with van der Waals surface area (Å²) in [6, 6.07) is 67.4. The molecule has 352 valence electrons. The molecule has 8 aromatic rings. The van der Waals surface area contributed by atoms with E-state index in [1.165, 1.54) is 23.5 Å². The SMILES string of the molecule is O=C(COc1ccc2ccc(OCC(=O)N[C@@H](CSC(c3ccccc3)(c3ccccc3)c3ccccc3)C(=O)O)cc2c1)N[C@@H](CSC(c1ccccc1)(c1ccccc1)c1ccccc1)C(=O)O. The maximum absolute atomic E-state index is 13.3. The van der Waals surface area contributed by atoms with Crippen LogP contribution in [0.25, 0.3) is 10.8 Å². The molecule has 0 fully saturated rings. The zero-order chi connectivity index (χ0) is 48.8. The summed E-state index contributed by atoms with van der Waals surface area (Å²) >= 11 is 2.87. The van der Waals surface area contributed by atoms with Gasteiger partial charge in [0.2, 0.25) is 0 Å². The number of thioether (sulfide) groups is 2. The van der Waals surface area contributed by atoms with Crippen molar-refractivity contribution in [3.63, 3.8) is 0 Å². The number of amides is 2. The second kappa shape index (κ2) is 23.0. The highest BCUT2D eigenvalue weighted by Crippen LogP contribution is 2.50. The number of rotatable bonds is 22. The van der Waals surface area contributed by atoms with Crippen LogP contribution >= 0.6 is 23.5 Å². The summed E-state index contributed by atoms with van der Waals surface area (Å²) in [5.74, 6) is -2.76. The Morgan fingerprint density at radius 3 is 0.929 bits per heavy atom. The lowest BCUT2D eigenvalue weighted by Gasteiger charge is -2.36. The molecule has 70 heavy (non-hydrogen) atoms. The van der Waals surface area contributed by atoms with Crippen molar-refractivity contribution in [2.45, 2.75) is 21.6 Å². The third-order valence-corrected chi connectivity index (χ3v) is 15.1. The van der Waals surface area contributed by atoms with Crippen LogP contribution in [0.15, 0.2) is 218 Å². The van der Waals surface area contributed by atoms with Crippen molar-refractivity contribution >= 4 is 58.0 Å². The van der Waals surface area contributed by atoms with E-state index in [4.69, 9.17) is 9.47 Å². The normalized spacial score (nSPS) is 12.3. The van der Waals surface area contributed by atoms with Crippen molar-refractivity contribution < 1.29 is 38.9 Å². The Kier molecular flexibility index (Phi) is 16.0. The molecule has 4 N–H and O–H groups in total. The van der Waals surface area contributed by atoms with Gasteiger partial charge in [-0.25, -0.2) is 9.59 Å². The summed E-state index contributed by atoms with van der Waals surface area (Å²) in [6.45, 7) is -0.882. The highest BCUT2D eigenvalue weighted by Gasteiger charge is 2.40. The maximum atomic E-state index is 13.3. The molecule has 2 amide bonds. The van der Waals surface area contributed by atoms with Gasteiger partial charge in [0.25, 0.3) is 11.8 Å². The first-order valence-electron chi connectivity index (χ1n) is 22.6. The number of hydrogen-bond donors (Lipinski definition) is 4. The standard InChI is InChI=1S/C58H50N2O8S2/c61-53(59-51(55(63)64)39-69-57(43-19-7-1-8-20-43,44-21-9-2-10-22-44)45-23-11-3-12-24-45)37-67-49-33-31-41-32-34-50(36-42(41)35-49)68-38-54(62)60-52(56(65)66)40-70-58(46-25-13-4-14-26-46,47-27-15-5-16-28-47)48-29-17-6-18-30-48/h1-36,51-52H,37-40H2,(H,59,61)(H,60,62)(H,63,64)(H,65,66)/t51-,52-/m0/s1. The molecule has 0 aliphatic heterocycles. The average molecular weight is 967 g/mol. The molecule has 0 saturated carbocycles. The van der Waals surface area contributed by atoms with Crippen LogP contribution in [-0.2, 0) is 28.7 Å². The van der Waals surface area contributed by atoms with Crippen LogP contribution in [0.5, 0.6) is 11.5 Å². The number of carbonyl (C=O) groups excluding carboxylic acids is 2. The molecule has 0 aliphatic carbocycles. The molecular weight excluding hydrogens is 917 g/mol. The van der Waals surface area contributed by atoms with E-state index in [1.807, 2.05) is 194 Å². The molecule has 12 heteroatoms. The van der Waals surface area contributed by atoms with Gasteiger partial charge in [-0.3, -0.25) is 9.59 Å². The zero-order valence-corrected chi connectivity index (χ0v) is 39.6. The van der Waals surface area contributed by atoms with E-state index in [9.17, 15) is 29.4 Å². The summed E-state index contributed by atoms with van der Waals surface area (Å²) < 4.78 is 10.2. The molecule has 2 atom stereocenters. The molecule has 0 heterocycles. The predicted octanol–water partition coefficient (Wildman–Crippen LogP) is 10.2. The zero-order valence-electron chi connectivity index (χ0n) is 37.9. The maximum Gasteiger partial charge on any atom is 0.327 e. The fourth-order valence-corrected chi connectivity index (χ4v) is 11.6. The number of benzene rings is 8. The van der Waals surface area contributed by atoms with Gasteiger partial charge in [-0.2, -0.15) is 0 Å². The Balaban J connectivity index is 0.899. The second-order valence-corrected chi connectivity index (χ2v) is 18.8. The Morgan fingerprint density at radius 2 is 0.671 bits per heavy atom. The largest absolute Gasteiger partial charge is 0.484 e. The average Bonchev–Trinajstić information content (AvgIpc) is 3.41. The minimum atomic E-state index is -1.24. The van der Waals surface area contributed by atoms with E-state index in [-0.39, 0.29) is 11.5 Å². The topological polar surface area (TPSA) is 151 Å². The smallest absolute Gasteiger partial charge is 0.327 e. The highest BCUT2D eigenvalue weighted by molar-refractivity contribution is 8.01. The van der Waals surface area contributed by atoms with Crippen LogP contribution < -0.4 is 20.1 Å².